The first-order chi connectivity index (χ1) is 8.59. The third-order valence-electron chi connectivity index (χ3n) is 3.92. The van der Waals surface area contributed by atoms with Crippen molar-refractivity contribution in [3.63, 3.8) is 0 Å². The van der Waals surface area contributed by atoms with E-state index in [1.54, 1.807) is 13.8 Å². The zero-order valence-electron chi connectivity index (χ0n) is 12.2. The van der Waals surface area contributed by atoms with E-state index in [1.165, 1.54) is 15.7 Å². The van der Waals surface area contributed by atoms with E-state index < -0.39 is 22.1 Å². The lowest BCUT2D eigenvalue weighted by atomic mass is 9.86. The van der Waals surface area contributed by atoms with E-state index in [2.05, 4.69) is 0 Å². The second kappa shape index (κ2) is 5.76. The van der Waals surface area contributed by atoms with Crippen LogP contribution in [0.25, 0.3) is 0 Å². The number of rotatable bonds is 5. The molecule has 0 spiro atoms. The van der Waals surface area contributed by atoms with Crippen molar-refractivity contribution < 1.29 is 18.3 Å². The van der Waals surface area contributed by atoms with Gasteiger partial charge in [0.15, 0.2) is 0 Å². The van der Waals surface area contributed by atoms with Crippen molar-refractivity contribution >= 4 is 16.2 Å². The van der Waals surface area contributed by atoms with Gasteiger partial charge in [0.05, 0.1) is 5.92 Å². The Balaban J connectivity index is 2.97. The molecule has 1 aliphatic rings. The Kier molecular flexibility index (Phi) is 4.97. The second-order valence-corrected chi connectivity index (χ2v) is 7.78. The number of aliphatic carboxylic acids is 1. The number of carboxylic acids is 1. The molecular formula is C12H24N2O4S. The van der Waals surface area contributed by atoms with Crippen LogP contribution in [0.1, 0.15) is 27.7 Å². The van der Waals surface area contributed by atoms with E-state index in [0.717, 1.165) is 0 Å². The first-order valence-electron chi connectivity index (χ1n) is 6.55. The van der Waals surface area contributed by atoms with E-state index in [-0.39, 0.29) is 31.0 Å². The van der Waals surface area contributed by atoms with Gasteiger partial charge in [0, 0.05) is 26.2 Å². The highest BCUT2D eigenvalue weighted by Crippen LogP contribution is 2.32. The fraction of sp³-hybridized carbons (Fsp3) is 0.917. The Morgan fingerprint density at radius 3 is 2.11 bits per heavy atom. The number of hydrogen-bond acceptors (Lipinski definition) is 3. The van der Waals surface area contributed by atoms with Gasteiger partial charge in [-0.3, -0.25) is 4.79 Å². The summed E-state index contributed by atoms with van der Waals surface area (Å²) in [6, 6.07) is -0.147. The minimum Gasteiger partial charge on any atom is -0.481 e. The van der Waals surface area contributed by atoms with E-state index in [9.17, 15) is 18.3 Å². The average Bonchev–Trinajstić information content (AvgIpc) is 2.73. The smallest absolute Gasteiger partial charge is 0.308 e. The molecule has 1 saturated heterocycles. The first-order valence-corrected chi connectivity index (χ1v) is 7.94. The molecule has 2 atom stereocenters. The van der Waals surface area contributed by atoms with Crippen LogP contribution < -0.4 is 0 Å². The molecule has 1 rings (SSSR count). The van der Waals surface area contributed by atoms with Crippen LogP contribution in [0.4, 0.5) is 0 Å². The Hall–Kier alpha value is -0.660. The normalized spacial score (nSPS) is 25.7. The van der Waals surface area contributed by atoms with Gasteiger partial charge in [-0.2, -0.15) is 17.0 Å². The minimum absolute atomic E-state index is 0.0670. The van der Waals surface area contributed by atoms with Crippen molar-refractivity contribution in [2.24, 2.45) is 17.8 Å². The molecule has 0 bridgehead atoms. The summed E-state index contributed by atoms with van der Waals surface area (Å²) < 4.78 is 27.3. The summed E-state index contributed by atoms with van der Waals surface area (Å²) in [5, 5.41) is 9.23. The van der Waals surface area contributed by atoms with Gasteiger partial charge in [-0.25, -0.2) is 0 Å². The maximum atomic E-state index is 12.4. The predicted molar refractivity (Wildman–Crippen MR) is 72.8 cm³/mol. The lowest BCUT2D eigenvalue weighted by Gasteiger charge is -2.27. The molecule has 0 aliphatic carbocycles. The summed E-state index contributed by atoms with van der Waals surface area (Å²) in [4.78, 5) is 11.3. The molecule has 0 aromatic carbocycles. The van der Waals surface area contributed by atoms with Gasteiger partial charge in [-0.05, 0) is 25.7 Å². The van der Waals surface area contributed by atoms with Crippen LogP contribution in [0.3, 0.4) is 0 Å². The van der Waals surface area contributed by atoms with Gasteiger partial charge in [-0.15, -0.1) is 0 Å². The maximum absolute atomic E-state index is 12.4. The van der Waals surface area contributed by atoms with Crippen LogP contribution in [0.5, 0.6) is 0 Å². The van der Waals surface area contributed by atoms with Crippen molar-refractivity contribution in [1.82, 2.24) is 8.61 Å². The molecule has 0 unspecified atom stereocenters. The summed E-state index contributed by atoms with van der Waals surface area (Å²) >= 11 is 0. The molecule has 19 heavy (non-hydrogen) atoms. The minimum atomic E-state index is -3.57. The lowest BCUT2D eigenvalue weighted by Crippen LogP contribution is -2.44. The van der Waals surface area contributed by atoms with E-state index in [0.29, 0.717) is 0 Å². The summed E-state index contributed by atoms with van der Waals surface area (Å²) in [6.07, 6.45) is 0. The monoisotopic (exact) mass is 292 g/mol. The molecule has 1 fully saturated rings. The standard InChI is InChI=1S/C12H24N2O4S/c1-8(2)10-6-14(7-11(10)12(15)16)19(17,18)13(5)9(3)4/h8-11H,6-7H2,1-5H3,(H,15,16)/t10-,11+/m0/s1. The molecule has 0 saturated carbocycles. The highest BCUT2D eigenvalue weighted by molar-refractivity contribution is 7.86. The van der Waals surface area contributed by atoms with Crippen LogP contribution in [-0.2, 0) is 15.0 Å². The molecule has 0 aromatic heterocycles. The Bertz CT molecular complexity index is 433. The van der Waals surface area contributed by atoms with Crippen molar-refractivity contribution in [1.29, 1.82) is 0 Å². The van der Waals surface area contributed by atoms with Crippen molar-refractivity contribution in [3.05, 3.63) is 0 Å². The van der Waals surface area contributed by atoms with Gasteiger partial charge in [0.25, 0.3) is 10.2 Å². The van der Waals surface area contributed by atoms with Gasteiger partial charge >= 0.3 is 5.97 Å². The third-order valence-corrected chi connectivity index (χ3v) is 6.02. The maximum Gasteiger partial charge on any atom is 0.308 e. The van der Waals surface area contributed by atoms with Gasteiger partial charge in [0.1, 0.15) is 0 Å². The third kappa shape index (κ3) is 3.27. The van der Waals surface area contributed by atoms with Crippen LogP contribution in [0, 0.1) is 17.8 Å². The molecule has 0 radical (unpaired) electrons. The summed E-state index contributed by atoms with van der Waals surface area (Å²) in [5.41, 5.74) is 0. The van der Waals surface area contributed by atoms with Gasteiger partial charge < -0.3 is 5.11 Å². The SMILES string of the molecule is CC(C)[C@@H]1CN(S(=O)(=O)N(C)C(C)C)C[C@H]1C(=O)O. The topological polar surface area (TPSA) is 77.9 Å². The molecule has 6 nitrogen and oxygen atoms in total. The molecule has 1 N–H and O–H groups in total. The molecule has 0 aromatic rings. The molecular weight excluding hydrogens is 268 g/mol. The number of hydrogen-bond donors (Lipinski definition) is 1. The highest BCUT2D eigenvalue weighted by Gasteiger charge is 2.44. The Labute approximate surface area is 115 Å². The molecule has 1 aliphatic heterocycles. The average molecular weight is 292 g/mol. The van der Waals surface area contributed by atoms with Crippen molar-refractivity contribution in [3.8, 4) is 0 Å². The Morgan fingerprint density at radius 2 is 1.79 bits per heavy atom. The predicted octanol–water partition coefficient (Wildman–Crippen LogP) is 0.860. The second-order valence-electron chi connectivity index (χ2n) is 5.79. The largest absolute Gasteiger partial charge is 0.481 e. The van der Waals surface area contributed by atoms with Crippen LogP contribution in [-0.4, -0.2) is 54.3 Å². The van der Waals surface area contributed by atoms with E-state index in [1.807, 2.05) is 13.8 Å². The van der Waals surface area contributed by atoms with Crippen LogP contribution >= 0.6 is 0 Å². The van der Waals surface area contributed by atoms with Crippen LogP contribution in [0.2, 0.25) is 0 Å². The first kappa shape index (κ1) is 16.4. The molecule has 1 heterocycles. The van der Waals surface area contributed by atoms with Crippen molar-refractivity contribution in [2.75, 3.05) is 20.1 Å². The Morgan fingerprint density at radius 1 is 1.26 bits per heavy atom. The fourth-order valence-corrected chi connectivity index (χ4v) is 3.97. The summed E-state index contributed by atoms with van der Waals surface area (Å²) in [5.74, 6) is -1.52. The fourth-order valence-electron chi connectivity index (χ4n) is 2.37. The van der Waals surface area contributed by atoms with Crippen molar-refractivity contribution in [2.45, 2.75) is 33.7 Å². The zero-order chi connectivity index (χ0) is 15.0. The van der Waals surface area contributed by atoms with Gasteiger partial charge in [-0.1, -0.05) is 13.8 Å². The number of nitrogens with zero attached hydrogens (tertiary/aromatic N) is 2. The molecule has 112 valence electrons. The molecule has 7 heteroatoms. The van der Waals surface area contributed by atoms with Crippen LogP contribution in [0.15, 0.2) is 0 Å². The quantitative estimate of drug-likeness (QED) is 0.815. The zero-order valence-corrected chi connectivity index (χ0v) is 13.0. The highest BCUT2D eigenvalue weighted by atomic mass is 32.2. The molecule has 0 amide bonds. The summed E-state index contributed by atoms with van der Waals surface area (Å²) in [6.45, 7) is 7.81. The van der Waals surface area contributed by atoms with Gasteiger partial charge in [0.2, 0.25) is 0 Å². The van der Waals surface area contributed by atoms with E-state index in [4.69, 9.17) is 0 Å². The number of carbonyl (C=O) groups is 1. The van der Waals surface area contributed by atoms with E-state index >= 15 is 0 Å². The number of carboxylic acid groups (broad SMARTS) is 1. The summed E-state index contributed by atoms with van der Waals surface area (Å²) in [7, 11) is -2.04. The lowest BCUT2D eigenvalue weighted by molar-refractivity contribution is -0.142.